The molecular formula is C8H13NOS. The van der Waals surface area contributed by atoms with Gasteiger partial charge in [0.2, 0.25) is 0 Å². The maximum atomic E-state index is 8.86. The second-order valence-corrected chi connectivity index (χ2v) is 4.10. The molecule has 1 rings (SSSR count). The van der Waals surface area contributed by atoms with Gasteiger partial charge >= 0.3 is 0 Å². The molecular weight excluding hydrogens is 158 g/mol. The first-order chi connectivity index (χ1) is 5.15. The van der Waals surface area contributed by atoms with Gasteiger partial charge < -0.3 is 5.11 Å². The van der Waals surface area contributed by atoms with Gasteiger partial charge in [-0.25, -0.2) is 4.98 Å². The van der Waals surface area contributed by atoms with Crippen LogP contribution in [0.5, 0.6) is 0 Å². The molecule has 3 heteroatoms. The molecule has 1 N–H and O–H groups in total. The Bertz CT molecular complexity index is 242. The average Bonchev–Trinajstić information content (AvgIpc) is 2.31. The number of aliphatic hydroxyl groups excluding tert-OH is 1. The lowest BCUT2D eigenvalue weighted by atomic mass is 10.2. The van der Waals surface area contributed by atoms with E-state index >= 15 is 0 Å². The van der Waals surface area contributed by atoms with Crippen molar-refractivity contribution in [2.45, 2.75) is 33.3 Å². The maximum absolute atomic E-state index is 8.86. The zero-order valence-electron chi connectivity index (χ0n) is 7.09. The fourth-order valence-electron chi connectivity index (χ4n) is 0.844. The quantitative estimate of drug-likeness (QED) is 0.739. The minimum absolute atomic E-state index is 0.0645. The van der Waals surface area contributed by atoms with Crippen LogP contribution in [0.1, 0.15) is 35.3 Å². The molecule has 0 unspecified atom stereocenters. The fourth-order valence-corrected chi connectivity index (χ4v) is 1.78. The summed E-state index contributed by atoms with van der Waals surface area (Å²) in [4.78, 5) is 5.43. The lowest BCUT2D eigenvalue weighted by molar-refractivity contribution is 0.276. The highest BCUT2D eigenvalue weighted by Crippen LogP contribution is 2.23. The predicted molar refractivity (Wildman–Crippen MR) is 46.9 cm³/mol. The van der Waals surface area contributed by atoms with E-state index in [1.54, 1.807) is 11.3 Å². The van der Waals surface area contributed by atoms with Crippen LogP contribution < -0.4 is 0 Å². The SMILES string of the molecule is Cc1sc(C(C)C)nc1CO. The molecule has 1 aromatic rings. The van der Waals surface area contributed by atoms with Crippen LogP contribution in [0.4, 0.5) is 0 Å². The summed E-state index contributed by atoms with van der Waals surface area (Å²) < 4.78 is 0. The smallest absolute Gasteiger partial charge is 0.0957 e. The molecule has 0 aliphatic heterocycles. The molecule has 2 nitrogen and oxygen atoms in total. The van der Waals surface area contributed by atoms with Gasteiger partial charge in [-0.15, -0.1) is 11.3 Å². The van der Waals surface area contributed by atoms with Crippen molar-refractivity contribution in [1.82, 2.24) is 4.98 Å². The molecule has 0 radical (unpaired) electrons. The number of aryl methyl sites for hydroxylation is 1. The Hall–Kier alpha value is -0.410. The summed E-state index contributed by atoms with van der Waals surface area (Å²) in [5.74, 6) is 0.471. The van der Waals surface area contributed by atoms with Gasteiger partial charge in [0.1, 0.15) is 0 Å². The molecule has 62 valence electrons. The van der Waals surface area contributed by atoms with Crippen molar-refractivity contribution in [3.8, 4) is 0 Å². The molecule has 0 aliphatic carbocycles. The van der Waals surface area contributed by atoms with Crippen LogP contribution in [0.3, 0.4) is 0 Å². The predicted octanol–water partition coefficient (Wildman–Crippen LogP) is 2.07. The Morgan fingerprint density at radius 1 is 1.55 bits per heavy atom. The van der Waals surface area contributed by atoms with E-state index in [9.17, 15) is 0 Å². The molecule has 0 amide bonds. The molecule has 0 saturated heterocycles. The van der Waals surface area contributed by atoms with Crippen molar-refractivity contribution in [2.75, 3.05) is 0 Å². The summed E-state index contributed by atoms with van der Waals surface area (Å²) in [5, 5.41) is 9.97. The van der Waals surface area contributed by atoms with E-state index in [-0.39, 0.29) is 6.61 Å². The molecule has 0 bridgehead atoms. The van der Waals surface area contributed by atoms with Gasteiger partial charge in [-0.05, 0) is 6.92 Å². The van der Waals surface area contributed by atoms with Crippen LogP contribution in [-0.4, -0.2) is 10.1 Å². The fraction of sp³-hybridized carbons (Fsp3) is 0.625. The van der Waals surface area contributed by atoms with Crippen molar-refractivity contribution in [1.29, 1.82) is 0 Å². The Balaban J connectivity index is 2.95. The van der Waals surface area contributed by atoms with Crippen LogP contribution in [0, 0.1) is 6.92 Å². The third kappa shape index (κ3) is 1.79. The Labute approximate surface area is 70.9 Å². The molecule has 11 heavy (non-hydrogen) atoms. The zero-order chi connectivity index (χ0) is 8.43. The monoisotopic (exact) mass is 171 g/mol. The van der Waals surface area contributed by atoms with E-state index in [1.807, 2.05) is 6.92 Å². The largest absolute Gasteiger partial charge is 0.390 e. The summed E-state index contributed by atoms with van der Waals surface area (Å²) in [6.45, 7) is 6.28. The summed E-state index contributed by atoms with van der Waals surface area (Å²) in [7, 11) is 0. The molecule has 0 fully saturated rings. The van der Waals surface area contributed by atoms with Gasteiger partial charge in [-0.2, -0.15) is 0 Å². The van der Waals surface area contributed by atoms with E-state index < -0.39 is 0 Å². The Morgan fingerprint density at radius 3 is 2.45 bits per heavy atom. The number of aromatic nitrogens is 1. The van der Waals surface area contributed by atoms with Gasteiger partial charge in [0.15, 0.2) is 0 Å². The minimum Gasteiger partial charge on any atom is -0.390 e. The lowest BCUT2D eigenvalue weighted by Crippen LogP contribution is -1.88. The first-order valence-electron chi connectivity index (χ1n) is 3.72. The third-order valence-electron chi connectivity index (χ3n) is 1.55. The minimum atomic E-state index is 0.0645. The molecule has 0 spiro atoms. The number of rotatable bonds is 2. The van der Waals surface area contributed by atoms with Crippen LogP contribution in [0.25, 0.3) is 0 Å². The van der Waals surface area contributed by atoms with E-state index in [1.165, 1.54) is 0 Å². The topological polar surface area (TPSA) is 33.1 Å². The molecule has 0 aromatic carbocycles. The molecule has 0 saturated carbocycles. The standard InChI is InChI=1S/C8H13NOS/c1-5(2)8-9-7(4-10)6(3)11-8/h5,10H,4H2,1-3H3. The third-order valence-corrected chi connectivity index (χ3v) is 2.87. The molecule has 0 aliphatic rings. The highest BCUT2D eigenvalue weighted by Gasteiger charge is 2.08. The Morgan fingerprint density at radius 2 is 2.18 bits per heavy atom. The summed E-state index contributed by atoms with van der Waals surface area (Å²) in [5.41, 5.74) is 0.832. The first kappa shape index (κ1) is 8.68. The van der Waals surface area contributed by atoms with Crippen LogP contribution in [-0.2, 0) is 6.61 Å². The van der Waals surface area contributed by atoms with Crippen LogP contribution >= 0.6 is 11.3 Å². The summed E-state index contributed by atoms with van der Waals surface area (Å²) >= 11 is 1.68. The van der Waals surface area contributed by atoms with Gasteiger partial charge in [-0.3, -0.25) is 0 Å². The van der Waals surface area contributed by atoms with Gasteiger partial charge in [0.25, 0.3) is 0 Å². The molecule has 0 atom stereocenters. The van der Waals surface area contributed by atoms with E-state index in [0.29, 0.717) is 5.92 Å². The second-order valence-electron chi connectivity index (χ2n) is 2.87. The first-order valence-corrected chi connectivity index (χ1v) is 4.54. The van der Waals surface area contributed by atoms with Crippen molar-refractivity contribution >= 4 is 11.3 Å². The number of hydrogen-bond acceptors (Lipinski definition) is 3. The zero-order valence-corrected chi connectivity index (χ0v) is 7.90. The molecule has 1 heterocycles. The van der Waals surface area contributed by atoms with Crippen molar-refractivity contribution in [3.05, 3.63) is 15.6 Å². The molecule has 1 aromatic heterocycles. The van der Waals surface area contributed by atoms with Crippen LogP contribution in [0.2, 0.25) is 0 Å². The van der Waals surface area contributed by atoms with Crippen molar-refractivity contribution in [2.24, 2.45) is 0 Å². The highest BCUT2D eigenvalue weighted by atomic mass is 32.1. The van der Waals surface area contributed by atoms with E-state index in [0.717, 1.165) is 15.6 Å². The average molecular weight is 171 g/mol. The number of hydrogen-bond donors (Lipinski definition) is 1. The maximum Gasteiger partial charge on any atom is 0.0957 e. The van der Waals surface area contributed by atoms with Gasteiger partial charge in [-0.1, -0.05) is 13.8 Å². The highest BCUT2D eigenvalue weighted by molar-refractivity contribution is 7.11. The van der Waals surface area contributed by atoms with E-state index in [2.05, 4.69) is 18.8 Å². The van der Waals surface area contributed by atoms with Gasteiger partial charge in [0.05, 0.1) is 17.3 Å². The van der Waals surface area contributed by atoms with Gasteiger partial charge in [0, 0.05) is 10.8 Å². The summed E-state index contributed by atoms with van der Waals surface area (Å²) in [6.07, 6.45) is 0. The number of nitrogens with zero attached hydrogens (tertiary/aromatic N) is 1. The normalized spacial score (nSPS) is 11.0. The van der Waals surface area contributed by atoms with Crippen LogP contribution in [0.15, 0.2) is 0 Å². The van der Waals surface area contributed by atoms with E-state index in [4.69, 9.17) is 5.11 Å². The lowest BCUT2D eigenvalue weighted by Gasteiger charge is -1.95. The second kappa shape index (κ2) is 3.32. The Kier molecular flexibility index (Phi) is 2.62. The van der Waals surface area contributed by atoms with Crippen molar-refractivity contribution < 1.29 is 5.11 Å². The number of thiazole rings is 1. The van der Waals surface area contributed by atoms with Crippen molar-refractivity contribution in [3.63, 3.8) is 0 Å². The number of aliphatic hydroxyl groups is 1. The summed E-state index contributed by atoms with van der Waals surface area (Å²) in [6, 6.07) is 0.